The van der Waals surface area contributed by atoms with Gasteiger partial charge in [0, 0.05) is 26.3 Å². The van der Waals surface area contributed by atoms with Gasteiger partial charge in [0.2, 0.25) is 10.0 Å². The quantitative estimate of drug-likeness (QED) is 0.630. The Bertz CT molecular complexity index is 891. The zero-order valence-electron chi connectivity index (χ0n) is 16.0. The molecule has 28 heavy (non-hydrogen) atoms. The number of aliphatic hydroxyl groups is 1. The van der Waals surface area contributed by atoms with Gasteiger partial charge in [-0.1, -0.05) is 0 Å². The number of hydrogen-bond acceptors (Lipinski definition) is 6. The highest BCUT2D eigenvalue weighted by Crippen LogP contribution is 2.27. The molecule has 1 fully saturated rings. The third-order valence-corrected chi connectivity index (χ3v) is 5.80. The number of carbonyl (C=O) groups is 2. The Morgan fingerprint density at radius 1 is 1.39 bits per heavy atom. The normalized spacial score (nSPS) is 20.4. The van der Waals surface area contributed by atoms with Gasteiger partial charge in [-0.25, -0.2) is 27.1 Å². The smallest absolute Gasteiger partial charge is 0.410 e. The molecule has 1 atom stereocenters. The highest BCUT2D eigenvalue weighted by molar-refractivity contribution is 7.89. The predicted octanol–water partition coefficient (Wildman–Crippen LogP) is 0.513. The van der Waals surface area contributed by atoms with Gasteiger partial charge in [-0.2, -0.15) is 0 Å². The molecule has 1 amide bonds. The van der Waals surface area contributed by atoms with E-state index in [1.54, 1.807) is 20.8 Å². The number of aryl methyl sites for hydroxylation is 1. The number of carboxylic acids is 1. The zero-order valence-corrected chi connectivity index (χ0v) is 16.8. The van der Waals surface area contributed by atoms with Crippen molar-refractivity contribution in [2.24, 2.45) is 7.05 Å². The summed E-state index contributed by atoms with van der Waals surface area (Å²) in [4.78, 5) is 23.7. The lowest BCUT2D eigenvalue weighted by atomic mass is 10.0. The van der Waals surface area contributed by atoms with E-state index in [0.717, 1.165) is 10.8 Å². The summed E-state index contributed by atoms with van der Waals surface area (Å²) in [6.07, 6.45) is 0.246. The summed E-state index contributed by atoms with van der Waals surface area (Å²) in [7, 11) is -3.31. The fourth-order valence-electron chi connectivity index (χ4n) is 2.94. The molecule has 1 aromatic rings. The van der Waals surface area contributed by atoms with Crippen LogP contribution in [0.4, 0.5) is 9.18 Å². The van der Waals surface area contributed by atoms with E-state index in [4.69, 9.17) is 9.84 Å². The van der Waals surface area contributed by atoms with Crippen LogP contribution in [0.25, 0.3) is 0 Å². The van der Waals surface area contributed by atoms with Crippen LogP contribution in [-0.4, -0.2) is 71.0 Å². The van der Waals surface area contributed by atoms with Crippen LogP contribution in [0.3, 0.4) is 0 Å². The van der Waals surface area contributed by atoms with E-state index < -0.39 is 56.2 Å². The van der Waals surface area contributed by atoms with E-state index in [-0.39, 0.29) is 19.5 Å². The molecule has 0 radical (unpaired) electrons. The van der Waals surface area contributed by atoms with Gasteiger partial charge in [-0.15, -0.1) is 0 Å². The van der Waals surface area contributed by atoms with Gasteiger partial charge in [0.15, 0.2) is 11.5 Å². The SMILES string of the molecule is Cn1cc(S(=O)(=O)N[C@@]2(CO)CCN(C(=O)OC(C)(C)C)C2)c(F)c1C(=O)O. The maximum atomic E-state index is 14.4. The highest BCUT2D eigenvalue weighted by Gasteiger charge is 2.45. The molecule has 2 rings (SSSR count). The fourth-order valence-corrected chi connectivity index (χ4v) is 4.48. The number of aromatic carboxylic acids is 1. The number of nitrogens with zero attached hydrogens (tertiary/aromatic N) is 2. The van der Waals surface area contributed by atoms with Crippen molar-refractivity contribution in [1.29, 1.82) is 0 Å². The van der Waals surface area contributed by atoms with Crippen molar-refractivity contribution < 1.29 is 37.3 Å². The molecule has 10 nitrogen and oxygen atoms in total. The molecule has 0 aromatic carbocycles. The summed E-state index contributed by atoms with van der Waals surface area (Å²) in [5.41, 5.74) is -3.00. The van der Waals surface area contributed by atoms with Gasteiger partial charge in [-0.05, 0) is 27.2 Å². The molecule has 0 unspecified atom stereocenters. The molecule has 1 aliphatic rings. The molecule has 0 bridgehead atoms. The first-order valence-corrected chi connectivity index (χ1v) is 9.90. The topological polar surface area (TPSA) is 138 Å². The minimum atomic E-state index is -4.51. The van der Waals surface area contributed by atoms with Crippen LogP contribution < -0.4 is 4.72 Å². The molecule has 12 heteroatoms. The zero-order chi connectivity index (χ0) is 21.5. The largest absolute Gasteiger partial charge is 0.476 e. The van der Waals surface area contributed by atoms with Crippen molar-refractivity contribution in [3.8, 4) is 0 Å². The molecule has 2 heterocycles. The molecular formula is C16H24FN3O7S. The highest BCUT2D eigenvalue weighted by atomic mass is 32.2. The van der Waals surface area contributed by atoms with Crippen LogP contribution in [0.15, 0.2) is 11.1 Å². The van der Waals surface area contributed by atoms with E-state index in [1.165, 1.54) is 11.9 Å². The number of rotatable bonds is 5. The van der Waals surface area contributed by atoms with Gasteiger partial charge < -0.3 is 24.4 Å². The van der Waals surface area contributed by atoms with Crippen LogP contribution >= 0.6 is 0 Å². The Labute approximate surface area is 161 Å². The number of carboxylic acid groups (broad SMARTS) is 1. The van der Waals surface area contributed by atoms with Crippen LogP contribution in [0.5, 0.6) is 0 Å². The molecule has 0 saturated carbocycles. The van der Waals surface area contributed by atoms with E-state index in [2.05, 4.69) is 4.72 Å². The number of amides is 1. The summed E-state index contributed by atoms with van der Waals surface area (Å²) in [5, 5.41) is 18.8. The first kappa shape index (κ1) is 22.1. The standard InChI is InChI=1S/C16H24FN3O7S/c1-15(2,3)27-14(24)20-6-5-16(8-20,9-21)18-28(25,26)10-7-19(4)12(11(10)17)13(22)23/h7,18,21H,5-6,8-9H2,1-4H3,(H,22,23)/t16-/m0/s1. The van der Waals surface area contributed by atoms with Crippen molar-refractivity contribution in [1.82, 2.24) is 14.2 Å². The molecule has 1 aromatic heterocycles. The Hall–Kier alpha value is -2.18. The average molecular weight is 421 g/mol. The van der Waals surface area contributed by atoms with E-state index in [0.29, 0.717) is 0 Å². The van der Waals surface area contributed by atoms with Crippen molar-refractivity contribution in [2.75, 3.05) is 19.7 Å². The van der Waals surface area contributed by atoms with Crippen molar-refractivity contribution in [3.05, 3.63) is 17.7 Å². The second-order valence-electron chi connectivity index (χ2n) is 7.77. The minimum Gasteiger partial charge on any atom is -0.476 e. The van der Waals surface area contributed by atoms with Crippen molar-refractivity contribution in [3.63, 3.8) is 0 Å². The first-order chi connectivity index (χ1) is 12.7. The Kier molecular flexibility index (Phi) is 5.79. The molecular weight excluding hydrogens is 397 g/mol. The number of sulfonamides is 1. The summed E-state index contributed by atoms with van der Waals surface area (Å²) >= 11 is 0. The minimum absolute atomic E-state index is 0.0716. The molecule has 0 aliphatic carbocycles. The summed E-state index contributed by atoms with van der Waals surface area (Å²) < 4.78 is 48.0. The predicted molar refractivity (Wildman–Crippen MR) is 94.9 cm³/mol. The number of nitrogens with one attached hydrogen (secondary N) is 1. The lowest BCUT2D eigenvalue weighted by Gasteiger charge is -2.29. The lowest BCUT2D eigenvalue weighted by Crippen LogP contribution is -2.53. The van der Waals surface area contributed by atoms with Crippen LogP contribution in [0.2, 0.25) is 0 Å². The summed E-state index contributed by atoms with van der Waals surface area (Å²) in [6.45, 7) is 4.34. The van der Waals surface area contributed by atoms with E-state index in [9.17, 15) is 27.5 Å². The number of likely N-dealkylation sites (tertiary alicyclic amines) is 1. The average Bonchev–Trinajstić information content (AvgIpc) is 3.07. The monoisotopic (exact) mass is 421 g/mol. The van der Waals surface area contributed by atoms with E-state index in [1.807, 2.05) is 0 Å². The number of ether oxygens (including phenoxy) is 1. The molecule has 3 N–H and O–H groups in total. The molecule has 0 spiro atoms. The maximum Gasteiger partial charge on any atom is 0.410 e. The third kappa shape index (κ3) is 4.45. The third-order valence-electron chi connectivity index (χ3n) is 4.24. The van der Waals surface area contributed by atoms with Gasteiger partial charge in [0.05, 0.1) is 12.1 Å². The van der Waals surface area contributed by atoms with Crippen molar-refractivity contribution >= 4 is 22.1 Å². The number of aromatic nitrogens is 1. The molecule has 158 valence electrons. The number of halogens is 1. The molecule has 1 saturated heterocycles. The van der Waals surface area contributed by atoms with Gasteiger partial charge in [0.1, 0.15) is 10.5 Å². The lowest BCUT2D eigenvalue weighted by molar-refractivity contribution is 0.0275. The Morgan fingerprint density at radius 2 is 2.00 bits per heavy atom. The van der Waals surface area contributed by atoms with Crippen LogP contribution in [0, 0.1) is 5.82 Å². The number of aliphatic hydroxyl groups excluding tert-OH is 1. The van der Waals surface area contributed by atoms with Gasteiger partial charge in [0.25, 0.3) is 0 Å². The summed E-state index contributed by atoms with van der Waals surface area (Å²) in [5.74, 6) is -3.02. The molecule has 1 aliphatic heterocycles. The second kappa shape index (κ2) is 7.33. The van der Waals surface area contributed by atoms with Crippen molar-refractivity contribution in [2.45, 2.75) is 43.2 Å². The van der Waals surface area contributed by atoms with Crippen LogP contribution in [0.1, 0.15) is 37.7 Å². The van der Waals surface area contributed by atoms with E-state index >= 15 is 0 Å². The fraction of sp³-hybridized carbons (Fsp3) is 0.625. The summed E-state index contributed by atoms with van der Waals surface area (Å²) in [6, 6.07) is 0. The Morgan fingerprint density at radius 3 is 2.46 bits per heavy atom. The first-order valence-electron chi connectivity index (χ1n) is 8.42. The second-order valence-corrected chi connectivity index (χ2v) is 9.42. The number of carbonyl (C=O) groups excluding carboxylic acids is 1. The van der Waals surface area contributed by atoms with Gasteiger partial charge in [-0.3, -0.25) is 0 Å². The number of hydrogen-bond donors (Lipinski definition) is 3. The maximum absolute atomic E-state index is 14.4. The van der Waals surface area contributed by atoms with Crippen LogP contribution in [-0.2, 0) is 21.8 Å². The Balaban J connectivity index is 2.26. The van der Waals surface area contributed by atoms with Gasteiger partial charge >= 0.3 is 12.1 Å².